The van der Waals surface area contributed by atoms with Crippen LogP contribution in [0.25, 0.3) is 0 Å². The van der Waals surface area contributed by atoms with Gasteiger partial charge in [-0.05, 0) is 69.0 Å². The average Bonchev–Trinajstić information content (AvgIpc) is 2.88. The van der Waals surface area contributed by atoms with E-state index in [0.29, 0.717) is 41.1 Å². The van der Waals surface area contributed by atoms with Crippen LogP contribution < -0.4 is 10.2 Å². The van der Waals surface area contributed by atoms with E-state index in [1.807, 2.05) is 18.2 Å². The molecule has 2 fully saturated rings. The molecule has 3 aliphatic heterocycles. The smallest absolute Gasteiger partial charge is 0.257 e. The summed E-state index contributed by atoms with van der Waals surface area (Å²) in [7, 11) is 0. The van der Waals surface area contributed by atoms with Crippen LogP contribution >= 0.6 is 0 Å². The van der Waals surface area contributed by atoms with Gasteiger partial charge in [-0.1, -0.05) is 18.6 Å². The molecule has 0 unspecified atom stereocenters. The second kappa shape index (κ2) is 7.59. The summed E-state index contributed by atoms with van der Waals surface area (Å²) < 4.78 is 0. The number of fused-ring (bicyclic) bond motifs is 3. The molecule has 2 saturated heterocycles. The summed E-state index contributed by atoms with van der Waals surface area (Å²) in [5.74, 6) is 0.683. The lowest BCUT2D eigenvalue weighted by Gasteiger charge is -2.44. The van der Waals surface area contributed by atoms with Gasteiger partial charge in [-0.25, -0.2) is 4.98 Å². The topological polar surface area (TPSA) is 65.5 Å². The maximum Gasteiger partial charge on any atom is 0.257 e. The molecular weight excluding hydrogens is 364 g/mol. The van der Waals surface area contributed by atoms with Gasteiger partial charge < -0.3 is 10.2 Å². The lowest BCUT2D eigenvalue weighted by molar-refractivity contribution is -0.120. The van der Waals surface area contributed by atoms with Crippen molar-refractivity contribution in [2.24, 2.45) is 5.92 Å². The van der Waals surface area contributed by atoms with E-state index in [1.165, 1.54) is 19.3 Å². The van der Waals surface area contributed by atoms with Crippen molar-refractivity contribution in [1.29, 1.82) is 0 Å². The lowest BCUT2D eigenvalue weighted by atomic mass is 9.81. The molecule has 1 N–H and O–H groups in total. The van der Waals surface area contributed by atoms with E-state index in [0.717, 1.165) is 25.9 Å². The minimum atomic E-state index is -0.207. The minimum Gasteiger partial charge on any atom is -0.319 e. The standard InChI is InChI=1S/C23H26N4O2/c28-21(15-16-7-6-14-26-13-4-3-10-19(16)26)27-20-11-2-1-8-17(20)23(29)25-18-9-5-12-24-22(18)27/h1-2,5,8-9,11-12,16,19H,3-4,6-7,10,13-15H2,(H,25,29)/t16-,19-/m1/s1. The molecule has 2 aromatic rings. The van der Waals surface area contributed by atoms with Crippen molar-refractivity contribution in [2.75, 3.05) is 23.3 Å². The Bertz CT molecular complexity index is 942. The van der Waals surface area contributed by atoms with E-state index in [-0.39, 0.29) is 11.8 Å². The Morgan fingerprint density at radius 3 is 2.86 bits per heavy atom. The van der Waals surface area contributed by atoms with E-state index in [9.17, 15) is 9.59 Å². The summed E-state index contributed by atoms with van der Waals surface area (Å²) in [6.07, 6.45) is 8.10. The van der Waals surface area contributed by atoms with Crippen LogP contribution in [0.1, 0.15) is 48.9 Å². The Labute approximate surface area is 170 Å². The van der Waals surface area contributed by atoms with Crippen molar-refractivity contribution in [1.82, 2.24) is 9.88 Å². The third-order valence-corrected chi connectivity index (χ3v) is 6.55. The first-order chi connectivity index (χ1) is 14.2. The molecule has 6 nitrogen and oxygen atoms in total. The van der Waals surface area contributed by atoms with Crippen LogP contribution in [0.5, 0.6) is 0 Å². The van der Waals surface area contributed by atoms with Crippen molar-refractivity contribution in [3.63, 3.8) is 0 Å². The molecule has 2 amide bonds. The Balaban J connectivity index is 1.50. The fourth-order valence-corrected chi connectivity index (χ4v) is 5.22. The highest BCUT2D eigenvalue weighted by atomic mass is 16.2. The van der Waals surface area contributed by atoms with Crippen molar-refractivity contribution in [3.05, 3.63) is 48.2 Å². The van der Waals surface area contributed by atoms with Gasteiger partial charge in [-0.3, -0.25) is 14.5 Å². The van der Waals surface area contributed by atoms with Gasteiger partial charge in [0.1, 0.15) is 0 Å². The van der Waals surface area contributed by atoms with E-state index in [1.54, 1.807) is 29.3 Å². The second-order valence-corrected chi connectivity index (χ2v) is 8.28. The highest BCUT2D eigenvalue weighted by Gasteiger charge is 2.37. The molecule has 0 bridgehead atoms. The number of aromatic nitrogens is 1. The summed E-state index contributed by atoms with van der Waals surface area (Å²) in [4.78, 5) is 35.1. The van der Waals surface area contributed by atoms with Crippen molar-refractivity contribution in [2.45, 2.75) is 44.6 Å². The van der Waals surface area contributed by atoms with Gasteiger partial charge in [0.2, 0.25) is 5.91 Å². The third-order valence-electron chi connectivity index (χ3n) is 6.55. The van der Waals surface area contributed by atoms with Crippen LogP contribution in [0.2, 0.25) is 0 Å². The fraction of sp³-hybridized carbons (Fsp3) is 0.435. The van der Waals surface area contributed by atoms with Crippen LogP contribution in [0.3, 0.4) is 0 Å². The number of benzene rings is 1. The van der Waals surface area contributed by atoms with Crippen molar-refractivity contribution < 1.29 is 9.59 Å². The number of hydrogen-bond acceptors (Lipinski definition) is 4. The van der Waals surface area contributed by atoms with Gasteiger partial charge in [0, 0.05) is 18.7 Å². The number of carbonyl (C=O) groups excluding carboxylic acids is 2. The Morgan fingerprint density at radius 1 is 1.07 bits per heavy atom. The molecule has 150 valence electrons. The number of hydrogen-bond donors (Lipinski definition) is 1. The quantitative estimate of drug-likeness (QED) is 0.843. The summed E-state index contributed by atoms with van der Waals surface area (Å²) >= 11 is 0. The van der Waals surface area contributed by atoms with E-state index >= 15 is 0 Å². The van der Waals surface area contributed by atoms with Crippen molar-refractivity contribution in [3.8, 4) is 0 Å². The molecule has 4 heterocycles. The van der Waals surface area contributed by atoms with Gasteiger partial charge in [0.05, 0.1) is 16.9 Å². The van der Waals surface area contributed by atoms with E-state index in [4.69, 9.17) is 0 Å². The number of carbonyl (C=O) groups is 2. The average molecular weight is 390 g/mol. The molecule has 6 heteroatoms. The molecule has 2 atom stereocenters. The van der Waals surface area contributed by atoms with Gasteiger partial charge in [0.15, 0.2) is 5.82 Å². The molecule has 0 spiro atoms. The maximum atomic E-state index is 13.7. The molecule has 5 rings (SSSR count). The second-order valence-electron chi connectivity index (χ2n) is 8.28. The molecule has 3 aliphatic rings. The molecule has 0 radical (unpaired) electrons. The normalized spacial score (nSPS) is 24.0. The number of para-hydroxylation sites is 1. The number of nitrogens with one attached hydrogen (secondary N) is 1. The summed E-state index contributed by atoms with van der Waals surface area (Å²) in [5, 5.41) is 2.91. The summed E-state index contributed by atoms with van der Waals surface area (Å²) in [5.41, 5.74) is 1.69. The van der Waals surface area contributed by atoms with Crippen LogP contribution in [0.15, 0.2) is 42.6 Å². The number of rotatable bonds is 2. The molecule has 29 heavy (non-hydrogen) atoms. The lowest BCUT2D eigenvalue weighted by Crippen LogP contribution is -2.49. The molecule has 1 aromatic heterocycles. The number of piperidine rings is 2. The highest BCUT2D eigenvalue weighted by molar-refractivity contribution is 6.17. The Morgan fingerprint density at radius 2 is 1.93 bits per heavy atom. The predicted octanol–water partition coefficient (Wildman–Crippen LogP) is 3.97. The summed E-state index contributed by atoms with van der Waals surface area (Å²) in [6, 6.07) is 11.4. The molecular formula is C23H26N4O2. The van der Waals surface area contributed by atoms with Gasteiger partial charge in [-0.2, -0.15) is 0 Å². The first-order valence-corrected chi connectivity index (χ1v) is 10.6. The molecule has 1 aromatic carbocycles. The predicted molar refractivity (Wildman–Crippen MR) is 112 cm³/mol. The third kappa shape index (κ3) is 3.31. The number of anilines is 3. The zero-order chi connectivity index (χ0) is 19.8. The van der Waals surface area contributed by atoms with Gasteiger partial charge in [0.25, 0.3) is 5.91 Å². The first kappa shape index (κ1) is 18.3. The monoisotopic (exact) mass is 390 g/mol. The zero-order valence-corrected chi connectivity index (χ0v) is 16.5. The maximum absolute atomic E-state index is 13.7. The van der Waals surface area contributed by atoms with Crippen molar-refractivity contribution >= 4 is 29.0 Å². The van der Waals surface area contributed by atoms with Crippen LogP contribution in [0.4, 0.5) is 17.2 Å². The highest BCUT2D eigenvalue weighted by Crippen LogP contribution is 2.39. The largest absolute Gasteiger partial charge is 0.319 e. The number of pyridine rings is 1. The van der Waals surface area contributed by atoms with Gasteiger partial charge in [-0.15, -0.1) is 0 Å². The molecule has 0 saturated carbocycles. The van der Waals surface area contributed by atoms with Crippen LogP contribution in [-0.4, -0.2) is 40.8 Å². The van der Waals surface area contributed by atoms with Crippen LogP contribution in [-0.2, 0) is 4.79 Å². The van der Waals surface area contributed by atoms with Crippen LogP contribution in [0, 0.1) is 5.92 Å². The fourth-order valence-electron chi connectivity index (χ4n) is 5.22. The number of amides is 2. The van der Waals surface area contributed by atoms with E-state index < -0.39 is 0 Å². The first-order valence-electron chi connectivity index (χ1n) is 10.6. The minimum absolute atomic E-state index is 0.0197. The van der Waals surface area contributed by atoms with E-state index in [2.05, 4.69) is 15.2 Å². The zero-order valence-electron chi connectivity index (χ0n) is 16.5. The Hall–Kier alpha value is -2.73. The van der Waals surface area contributed by atoms with Gasteiger partial charge >= 0.3 is 0 Å². The summed E-state index contributed by atoms with van der Waals surface area (Å²) in [6.45, 7) is 2.31. The molecule has 0 aliphatic carbocycles. The SMILES string of the molecule is O=C1Nc2cccnc2N(C(=O)C[C@H]2CCCN3CCCC[C@H]23)c2ccccc21. The Kier molecular flexibility index (Phi) is 4.79. The number of nitrogens with zero attached hydrogens (tertiary/aromatic N) is 3.